The summed E-state index contributed by atoms with van der Waals surface area (Å²) in [7, 11) is -3.38. The van der Waals surface area contributed by atoms with Crippen molar-refractivity contribution in [2.45, 2.75) is 38.0 Å². The molecule has 4 nitrogen and oxygen atoms in total. The van der Waals surface area contributed by atoms with Crippen LogP contribution < -0.4 is 4.72 Å². The third kappa shape index (κ3) is 4.49. The van der Waals surface area contributed by atoms with Gasteiger partial charge in [0.2, 0.25) is 10.0 Å². The molecule has 0 amide bonds. The summed E-state index contributed by atoms with van der Waals surface area (Å²) in [5.41, 5.74) is 0.917. The van der Waals surface area contributed by atoms with E-state index in [1.165, 1.54) is 12.1 Å². The van der Waals surface area contributed by atoms with Crippen molar-refractivity contribution in [1.29, 1.82) is 0 Å². The predicted octanol–water partition coefficient (Wildman–Crippen LogP) is 2.10. The van der Waals surface area contributed by atoms with Crippen molar-refractivity contribution >= 4 is 10.0 Å². The Kier molecular flexibility index (Phi) is 5.35. The average Bonchev–Trinajstić information content (AvgIpc) is 2.95. The normalized spacial score (nSPS) is 20.9. The van der Waals surface area contributed by atoms with Gasteiger partial charge in [-0.1, -0.05) is 26.0 Å². The molecule has 0 bridgehead atoms. The van der Waals surface area contributed by atoms with E-state index in [0.717, 1.165) is 5.56 Å². The second-order valence-corrected chi connectivity index (χ2v) is 7.82. The second-order valence-electron chi connectivity index (χ2n) is 5.83. The first-order chi connectivity index (χ1) is 9.88. The van der Waals surface area contributed by atoms with Crippen LogP contribution in [-0.4, -0.2) is 32.9 Å². The Morgan fingerprint density at radius 1 is 1.33 bits per heavy atom. The first-order valence-corrected chi connectivity index (χ1v) is 8.76. The third-order valence-corrected chi connectivity index (χ3v) is 5.70. The summed E-state index contributed by atoms with van der Waals surface area (Å²) in [6, 6.07) is 5.97. The van der Waals surface area contributed by atoms with Crippen LogP contribution in [0.5, 0.6) is 0 Å². The minimum Gasteiger partial charge on any atom is -0.380 e. The lowest BCUT2D eigenvalue weighted by atomic mass is 9.97. The van der Waals surface area contributed by atoms with Crippen LogP contribution in [0.4, 0.5) is 4.39 Å². The maximum atomic E-state index is 12.9. The third-order valence-electron chi connectivity index (χ3n) is 3.82. The lowest BCUT2D eigenvalue weighted by Gasteiger charge is -2.24. The lowest BCUT2D eigenvalue weighted by Crippen LogP contribution is -2.44. The Bertz CT molecular complexity index is 551. The Morgan fingerprint density at radius 3 is 2.52 bits per heavy atom. The Balaban J connectivity index is 2.06. The van der Waals surface area contributed by atoms with Crippen molar-refractivity contribution in [1.82, 2.24) is 4.72 Å². The van der Waals surface area contributed by atoms with E-state index in [2.05, 4.69) is 4.72 Å². The highest BCUT2D eigenvalue weighted by molar-refractivity contribution is 7.90. The molecule has 2 atom stereocenters. The molecule has 0 saturated carbocycles. The Morgan fingerprint density at radius 2 is 2.00 bits per heavy atom. The number of rotatable bonds is 6. The van der Waals surface area contributed by atoms with Crippen molar-refractivity contribution in [3.8, 4) is 0 Å². The monoisotopic (exact) mass is 315 g/mol. The van der Waals surface area contributed by atoms with Gasteiger partial charge in [0.15, 0.2) is 0 Å². The van der Waals surface area contributed by atoms with Crippen LogP contribution in [0.2, 0.25) is 0 Å². The topological polar surface area (TPSA) is 55.4 Å². The molecule has 1 aliphatic rings. The maximum Gasteiger partial charge on any atom is 0.217 e. The number of ether oxygens (including phenoxy) is 1. The summed E-state index contributed by atoms with van der Waals surface area (Å²) >= 11 is 0. The smallest absolute Gasteiger partial charge is 0.217 e. The van der Waals surface area contributed by atoms with Crippen LogP contribution in [0.25, 0.3) is 0 Å². The maximum absolute atomic E-state index is 12.9. The van der Waals surface area contributed by atoms with Gasteiger partial charge >= 0.3 is 0 Å². The number of halogens is 1. The van der Waals surface area contributed by atoms with Gasteiger partial charge in [-0.05, 0) is 36.5 Å². The molecular weight excluding hydrogens is 293 g/mol. The standard InChI is InChI=1S/C15H22FNO3S/c1-11(2)15(9-12-3-5-13(16)6-4-12)17-21(18,19)14-7-8-20-10-14/h3-6,11,14-15,17H,7-10H2,1-2H3/t14-,15-/m0/s1. The van der Waals surface area contributed by atoms with Crippen LogP contribution in [0, 0.1) is 11.7 Å². The van der Waals surface area contributed by atoms with E-state index in [0.29, 0.717) is 19.4 Å². The first kappa shape index (κ1) is 16.4. The number of sulfonamides is 1. The van der Waals surface area contributed by atoms with Crippen molar-refractivity contribution in [2.75, 3.05) is 13.2 Å². The van der Waals surface area contributed by atoms with Crippen molar-refractivity contribution < 1.29 is 17.5 Å². The van der Waals surface area contributed by atoms with Crippen molar-refractivity contribution in [2.24, 2.45) is 5.92 Å². The van der Waals surface area contributed by atoms with Gasteiger partial charge in [-0.2, -0.15) is 0 Å². The van der Waals surface area contributed by atoms with Gasteiger partial charge < -0.3 is 4.74 Å². The van der Waals surface area contributed by atoms with Gasteiger partial charge in [0.05, 0.1) is 6.61 Å². The average molecular weight is 315 g/mol. The Hall–Kier alpha value is -0.980. The van der Waals surface area contributed by atoms with Crippen LogP contribution in [0.3, 0.4) is 0 Å². The number of hydrogen-bond donors (Lipinski definition) is 1. The minimum atomic E-state index is -3.38. The molecule has 6 heteroatoms. The molecule has 2 rings (SSSR count). The SMILES string of the molecule is CC(C)[C@H](Cc1ccc(F)cc1)NS(=O)(=O)[C@H]1CCOC1. The molecule has 1 N–H and O–H groups in total. The van der Waals surface area contributed by atoms with Crippen LogP contribution in [0.15, 0.2) is 24.3 Å². The summed E-state index contributed by atoms with van der Waals surface area (Å²) < 4.78 is 45.6. The zero-order valence-electron chi connectivity index (χ0n) is 12.4. The van der Waals surface area contributed by atoms with Crippen LogP contribution in [0.1, 0.15) is 25.8 Å². The molecule has 0 unspecified atom stereocenters. The van der Waals surface area contributed by atoms with Crippen LogP contribution in [-0.2, 0) is 21.2 Å². The van der Waals surface area contributed by atoms with Gasteiger partial charge in [0.25, 0.3) is 0 Å². The van der Waals surface area contributed by atoms with E-state index < -0.39 is 15.3 Å². The lowest BCUT2D eigenvalue weighted by molar-refractivity contribution is 0.198. The fourth-order valence-electron chi connectivity index (χ4n) is 2.35. The largest absolute Gasteiger partial charge is 0.380 e. The molecule has 1 heterocycles. The highest BCUT2D eigenvalue weighted by Crippen LogP contribution is 2.17. The van der Waals surface area contributed by atoms with E-state index in [-0.39, 0.29) is 24.4 Å². The number of benzene rings is 1. The van der Waals surface area contributed by atoms with E-state index >= 15 is 0 Å². The molecule has 0 aliphatic carbocycles. The fourth-order valence-corrected chi connectivity index (χ4v) is 4.00. The molecule has 0 spiro atoms. The number of nitrogens with one attached hydrogen (secondary N) is 1. The summed E-state index contributed by atoms with van der Waals surface area (Å²) in [6.07, 6.45) is 1.08. The summed E-state index contributed by atoms with van der Waals surface area (Å²) in [5, 5.41) is -0.466. The van der Waals surface area contributed by atoms with E-state index in [4.69, 9.17) is 4.74 Å². The van der Waals surface area contributed by atoms with Gasteiger partial charge in [-0.3, -0.25) is 0 Å². The summed E-state index contributed by atoms with van der Waals surface area (Å²) in [5.74, 6) is -0.143. The molecule has 1 aromatic carbocycles. The zero-order chi connectivity index (χ0) is 15.5. The Labute approximate surface area is 125 Å². The molecule has 1 aromatic rings. The minimum absolute atomic E-state index is 0.146. The molecule has 1 fully saturated rings. The van der Waals surface area contributed by atoms with Gasteiger partial charge in [-0.15, -0.1) is 0 Å². The van der Waals surface area contributed by atoms with E-state index in [1.807, 2.05) is 13.8 Å². The highest BCUT2D eigenvalue weighted by atomic mass is 32.2. The second kappa shape index (κ2) is 6.85. The van der Waals surface area contributed by atoms with Crippen molar-refractivity contribution in [3.63, 3.8) is 0 Å². The molecular formula is C15H22FNO3S. The van der Waals surface area contributed by atoms with E-state index in [9.17, 15) is 12.8 Å². The quantitative estimate of drug-likeness (QED) is 0.874. The fraction of sp³-hybridized carbons (Fsp3) is 0.600. The predicted molar refractivity (Wildman–Crippen MR) is 80.0 cm³/mol. The van der Waals surface area contributed by atoms with Gasteiger partial charge in [0, 0.05) is 12.6 Å². The molecule has 0 aromatic heterocycles. The zero-order valence-corrected chi connectivity index (χ0v) is 13.2. The summed E-state index contributed by atoms with van der Waals surface area (Å²) in [6.45, 7) is 4.70. The molecule has 118 valence electrons. The number of hydrogen-bond acceptors (Lipinski definition) is 3. The molecule has 21 heavy (non-hydrogen) atoms. The van der Waals surface area contributed by atoms with E-state index in [1.54, 1.807) is 12.1 Å². The van der Waals surface area contributed by atoms with Crippen molar-refractivity contribution in [3.05, 3.63) is 35.6 Å². The molecule has 0 radical (unpaired) electrons. The molecule has 1 saturated heterocycles. The van der Waals surface area contributed by atoms with Gasteiger partial charge in [0.1, 0.15) is 11.1 Å². The molecule has 1 aliphatic heterocycles. The van der Waals surface area contributed by atoms with Gasteiger partial charge in [-0.25, -0.2) is 17.5 Å². The van der Waals surface area contributed by atoms with Crippen LogP contribution >= 0.6 is 0 Å². The highest BCUT2D eigenvalue weighted by Gasteiger charge is 2.32. The summed E-state index contributed by atoms with van der Waals surface area (Å²) in [4.78, 5) is 0. The first-order valence-electron chi connectivity index (χ1n) is 7.22.